The first-order valence-corrected chi connectivity index (χ1v) is 6.06. The summed E-state index contributed by atoms with van der Waals surface area (Å²) in [7, 11) is 0. The van der Waals surface area contributed by atoms with Gasteiger partial charge in [0.05, 0.1) is 5.56 Å². The van der Waals surface area contributed by atoms with Gasteiger partial charge in [-0.25, -0.2) is 0 Å². The van der Waals surface area contributed by atoms with Gasteiger partial charge < -0.3 is 0 Å². The van der Waals surface area contributed by atoms with Crippen molar-refractivity contribution in [2.45, 2.75) is 19.8 Å². The Morgan fingerprint density at radius 2 is 1.94 bits per heavy atom. The van der Waals surface area contributed by atoms with Crippen LogP contribution >= 0.6 is 22.6 Å². The quantitative estimate of drug-likeness (QED) is 0.656. The molecule has 0 aromatic heterocycles. The summed E-state index contributed by atoms with van der Waals surface area (Å²) in [5.41, 5.74) is 5.30. The van der Waals surface area contributed by atoms with Crippen molar-refractivity contribution < 1.29 is 9.59 Å². The maximum atomic E-state index is 11.6. The van der Waals surface area contributed by atoms with Gasteiger partial charge in [0.1, 0.15) is 0 Å². The van der Waals surface area contributed by atoms with E-state index in [9.17, 15) is 9.59 Å². The average Bonchev–Trinajstić information content (AvgIpc) is 2.27. The molecular formula is C11H13IN2O2. The molecule has 0 saturated heterocycles. The molecule has 2 N–H and O–H groups in total. The molecule has 0 aliphatic carbocycles. The molecule has 16 heavy (non-hydrogen) atoms. The van der Waals surface area contributed by atoms with Crippen molar-refractivity contribution in [1.82, 2.24) is 10.9 Å². The highest BCUT2D eigenvalue weighted by Crippen LogP contribution is 2.10. The van der Waals surface area contributed by atoms with Crippen molar-refractivity contribution in [3.63, 3.8) is 0 Å². The Kier molecular flexibility index (Phi) is 5.24. The van der Waals surface area contributed by atoms with Crippen LogP contribution in [0.25, 0.3) is 0 Å². The molecule has 0 atom stereocenters. The number of benzene rings is 1. The minimum atomic E-state index is -0.297. The fourth-order valence-corrected chi connectivity index (χ4v) is 1.76. The summed E-state index contributed by atoms with van der Waals surface area (Å²) in [6.45, 7) is 1.90. The van der Waals surface area contributed by atoms with E-state index in [1.807, 2.05) is 19.1 Å². The standard InChI is InChI=1S/C11H13IN2O2/c1-2-5-10(15)13-14-11(16)8-6-3-4-7-9(8)12/h3-4,6-7H,2,5H2,1H3,(H,13,15)(H,14,16). The maximum Gasteiger partial charge on any atom is 0.270 e. The fourth-order valence-electron chi connectivity index (χ4n) is 1.13. The van der Waals surface area contributed by atoms with Gasteiger partial charge in [-0.15, -0.1) is 0 Å². The van der Waals surface area contributed by atoms with Gasteiger partial charge in [0.25, 0.3) is 5.91 Å². The van der Waals surface area contributed by atoms with Crippen molar-refractivity contribution in [3.8, 4) is 0 Å². The number of nitrogens with one attached hydrogen (secondary N) is 2. The third-order valence-corrected chi connectivity index (χ3v) is 2.85. The second-order valence-electron chi connectivity index (χ2n) is 3.23. The van der Waals surface area contributed by atoms with Crippen molar-refractivity contribution in [3.05, 3.63) is 33.4 Å². The molecule has 5 heteroatoms. The summed E-state index contributed by atoms with van der Waals surface area (Å²) in [6, 6.07) is 7.19. The number of hydrazine groups is 1. The van der Waals surface area contributed by atoms with Gasteiger partial charge in [0.15, 0.2) is 0 Å². The Balaban J connectivity index is 2.54. The highest BCUT2D eigenvalue weighted by molar-refractivity contribution is 14.1. The molecule has 1 aromatic rings. The molecule has 1 rings (SSSR count). The Bertz CT molecular complexity index is 393. The summed E-state index contributed by atoms with van der Waals surface area (Å²) in [4.78, 5) is 22.8. The van der Waals surface area contributed by atoms with Gasteiger partial charge in [0.2, 0.25) is 5.91 Å². The molecule has 0 fully saturated rings. The molecule has 0 saturated carbocycles. The zero-order valence-electron chi connectivity index (χ0n) is 8.92. The topological polar surface area (TPSA) is 58.2 Å². The van der Waals surface area contributed by atoms with E-state index in [1.54, 1.807) is 12.1 Å². The minimum absolute atomic E-state index is 0.179. The Hall–Kier alpha value is -1.11. The number of hydrogen-bond acceptors (Lipinski definition) is 2. The molecule has 86 valence electrons. The minimum Gasteiger partial charge on any atom is -0.273 e. The van der Waals surface area contributed by atoms with Crippen LogP contribution in [0, 0.1) is 3.57 Å². The van der Waals surface area contributed by atoms with Crippen LogP contribution in [0.2, 0.25) is 0 Å². The first-order chi connectivity index (χ1) is 7.65. The molecule has 4 nitrogen and oxygen atoms in total. The zero-order valence-corrected chi connectivity index (χ0v) is 11.1. The first-order valence-electron chi connectivity index (χ1n) is 4.99. The lowest BCUT2D eigenvalue weighted by atomic mass is 10.2. The lowest BCUT2D eigenvalue weighted by Gasteiger charge is -2.07. The van der Waals surface area contributed by atoms with Crippen LogP contribution in [-0.4, -0.2) is 11.8 Å². The lowest BCUT2D eigenvalue weighted by molar-refractivity contribution is -0.121. The first kappa shape index (κ1) is 13.0. The number of carbonyl (C=O) groups is 2. The van der Waals surface area contributed by atoms with Gasteiger partial charge in [-0.1, -0.05) is 19.1 Å². The van der Waals surface area contributed by atoms with E-state index in [-0.39, 0.29) is 11.8 Å². The van der Waals surface area contributed by atoms with Crippen LogP contribution in [-0.2, 0) is 4.79 Å². The van der Waals surface area contributed by atoms with Gasteiger partial charge >= 0.3 is 0 Å². The fraction of sp³-hybridized carbons (Fsp3) is 0.273. The van der Waals surface area contributed by atoms with Crippen LogP contribution in [0.4, 0.5) is 0 Å². The second-order valence-corrected chi connectivity index (χ2v) is 4.39. The summed E-state index contributed by atoms with van der Waals surface area (Å²) in [5, 5.41) is 0. The molecule has 2 amide bonds. The Morgan fingerprint density at radius 1 is 1.25 bits per heavy atom. The van der Waals surface area contributed by atoms with Crippen molar-refractivity contribution in [1.29, 1.82) is 0 Å². The van der Waals surface area contributed by atoms with E-state index >= 15 is 0 Å². The molecule has 0 spiro atoms. The maximum absolute atomic E-state index is 11.6. The second kappa shape index (κ2) is 6.47. The summed E-state index contributed by atoms with van der Waals surface area (Å²) < 4.78 is 0.849. The van der Waals surface area contributed by atoms with E-state index in [1.165, 1.54) is 0 Å². The molecule has 0 radical (unpaired) electrons. The predicted octanol–water partition coefficient (Wildman–Crippen LogP) is 1.85. The van der Waals surface area contributed by atoms with E-state index in [0.717, 1.165) is 9.99 Å². The largest absolute Gasteiger partial charge is 0.273 e. The number of amides is 2. The highest BCUT2D eigenvalue weighted by Gasteiger charge is 2.09. The molecular weight excluding hydrogens is 319 g/mol. The van der Waals surface area contributed by atoms with Crippen molar-refractivity contribution in [2.24, 2.45) is 0 Å². The van der Waals surface area contributed by atoms with Crippen LogP contribution in [0.15, 0.2) is 24.3 Å². The predicted molar refractivity (Wildman–Crippen MR) is 69.7 cm³/mol. The normalized spacial score (nSPS) is 9.62. The Morgan fingerprint density at radius 3 is 2.56 bits per heavy atom. The summed E-state index contributed by atoms with van der Waals surface area (Å²) >= 11 is 2.08. The van der Waals surface area contributed by atoms with Crippen molar-refractivity contribution >= 4 is 34.4 Å². The van der Waals surface area contributed by atoms with Gasteiger partial charge in [-0.3, -0.25) is 20.4 Å². The lowest BCUT2D eigenvalue weighted by Crippen LogP contribution is -2.41. The number of carbonyl (C=O) groups excluding carboxylic acids is 2. The van der Waals surface area contributed by atoms with Crippen molar-refractivity contribution in [2.75, 3.05) is 0 Å². The van der Waals surface area contributed by atoms with Gasteiger partial charge in [-0.05, 0) is 41.1 Å². The third kappa shape index (κ3) is 3.80. The van der Waals surface area contributed by atoms with Gasteiger partial charge in [0, 0.05) is 9.99 Å². The zero-order chi connectivity index (χ0) is 12.0. The van der Waals surface area contributed by atoms with Crippen LogP contribution in [0.5, 0.6) is 0 Å². The van der Waals surface area contributed by atoms with Gasteiger partial charge in [-0.2, -0.15) is 0 Å². The van der Waals surface area contributed by atoms with E-state index in [2.05, 4.69) is 33.4 Å². The summed E-state index contributed by atoms with van der Waals surface area (Å²) in [5.74, 6) is -0.476. The third-order valence-electron chi connectivity index (χ3n) is 1.91. The van der Waals surface area contributed by atoms with Crippen LogP contribution in [0.1, 0.15) is 30.1 Å². The van der Waals surface area contributed by atoms with Crippen LogP contribution in [0.3, 0.4) is 0 Å². The van der Waals surface area contributed by atoms with E-state index < -0.39 is 0 Å². The number of hydrogen-bond donors (Lipinski definition) is 2. The van der Waals surface area contributed by atoms with Crippen LogP contribution < -0.4 is 10.9 Å². The molecule has 0 aliphatic heterocycles. The summed E-state index contributed by atoms with van der Waals surface area (Å²) in [6.07, 6.45) is 1.16. The Labute approximate surface area is 108 Å². The SMILES string of the molecule is CCCC(=O)NNC(=O)c1ccccc1I. The molecule has 0 aliphatic rings. The molecule has 0 bridgehead atoms. The smallest absolute Gasteiger partial charge is 0.270 e. The molecule has 1 aromatic carbocycles. The monoisotopic (exact) mass is 332 g/mol. The number of rotatable bonds is 3. The molecule has 0 heterocycles. The average molecular weight is 332 g/mol. The highest BCUT2D eigenvalue weighted by atomic mass is 127. The van der Waals surface area contributed by atoms with E-state index in [0.29, 0.717) is 12.0 Å². The number of halogens is 1. The molecule has 0 unspecified atom stereocenters. The van der Waals surface area contributed by atoms with E-state index in [4.69, 9.17) is 0 Å².